The van der Waals surface area contributed by atoms with Crippen LogP contribution in [0.2, 0.25) is 0 Å². The lowest BCUT2D eigenvalue weighted by Crippen LogP contribution is -2.14. The summed E-state index contributed by atoms with van der Waals surface area (Å²) < 4.78 is 6.92. The number of para-hydroxylation sites is 2. The largest absolute Gasteiger partial charge is 0.493 e. The number of aromatic nitrogens is 2. The molecule has 0 saturated heterocycles. The number of anilines is 1. The second kappa shape index (κ2) is 6.36. The summed E-state index contributed by atoms with van der Waals surface area (Å²) >= 11 is 0. The summed E-state index contributed by atoms with van der Waals surface area (Å²) in [4.78, 5) is 12.5. The molecule has 1 N–H and O–H groups in total. The van der Waals surface area contributed by atoms with Crippen LogP contribution in [0.3, 0.4) is 0 Å². The number of benzene rings is 2. The smallest absolute Gasteiger partial charge is 0.280 e. The van der Waals surface area contributed by atoms with Crippen LogP contribution in [-0.2, 0) is 0 Å². The summed E-state index contributed by atoms with van der Waals surface area (Å²) in [5.74, 6) is 0.130. The van der Waals surface area contributed by atoms with Gasteiger partial charge in [-0.15, -0.1) is 0 Å². The van der Waals surface area contributed by atoms with Crippen LogP contribution in [0.4, 0.5) is 5.69 Å². The van der Waals surface area contributed by atoms with Crippen LogP contribution in [0.25, 0.3) is 5.69 Å². The molecule has 0 saturated carbocycles. The molecule has 5 nitrogen and oxygen atoms in total. The quantitative estimate of drug-likeness (QED) is 0.803. The SMILES string of the molecule is COc1cn(-c2ccccc2)nc1C(=O)Nc1ccccc1C. The van der Waals surface area contributed by atoms with Gasteiger partial charge in [0.25, 0.3) is 5.91 Å². The molecule has 0 atom stereocenters. The van der Waals surface area contributed by atoms with E-state index in [4.69, 9.17) is 4.74 Å². The Morgan fingerprint density at radius 2 is 1.78 bits per heavy atom. The van der Waals surface area contributed by atoms with Gasteiger partial charge >= 0.3 is 0 Å². The van der Waals surface area contributed by atoms with Crippen molar-refractivity contribution < 1.29 is 9.53 Å². The van der Waals surface area contributed by atoms with E-state index < -0.39 is 0 Å². The molecule has 0 fully saturated rings. The molecular weight excluding hydrogens is 290 g/mol. The molecule has 3 aromatic rings. The number of rotatable bonds is 4. The molecule has 0 unspecified atom stereocenters. The topological polar surface area (TPSA) is 56.2 Å². The van der Waals surface area contributed by atoms with Crippen LogP contribution in [0, 0.1) is 6.92 Å². The highest BCUT2D eigenvalue weighted by Crippen LogP contribution is 2.21. The van der Waals surface area contributed by atoms with Gasteiger partial charge in [0.2, 0.25) is 0 Å². The maximum atomic E-state index is 12.5. The number of nitrogens with one attached hydrogen (secondary N) is 1. The van der Waals surface area contributed by atoms with Gasteiger partial charge in [-0.3, -0.25) is 4.79 Å². The first kappa shape index (κ1) is 14.8. The molecule has 1 heterocycles. The third-order valence-corrected chi connectivity index (χ3v) is 3.53. The number of hydrogen-bond acceptors (Lipinski definition) is 3. The van der Waals surface area contributed by atoms with Crippen LogP contribution in [0.5, 0.6) is 5.75 Å². The zero-order valence-electron chi connectivity index (χ0n) is 13.0. The minimum atomic E-state index is -0.300. The van der Waals surface area contributed by atoms with E-state index in [0.717, 1.165) is 16.9 Å². The van der Waals surface area contributed by atoms with Crippen LogP contribution in [0.15, 0.2) is 60.8 Å². The average Bonchev–Trinajstić information content (AvgIpc) is 3.02. The molecule has 1 aromatic heterocycles. The Labute approximate surface area is 134 Å². The summed E-state index contributed by atoms with van der Waals surface area (Å²) in [6.45, 7) is 1.94. The Balaban J connectivity index is 1.91. The minimum Gasteiger partial charge on any atom is -0.493 e. The van der Waals surface area contributed by atoms with Crippen molar-refractivity contribution in [3.63, 3.8) is 0 Å². The van der Waals surface area contributed by atoms with Crippen LogP contribution in [0.1, 0.15) is 16.1 Å². The van der Waals surface area contributed by atoms with E-state index in [1.807, 2.05) is 61.5 Å². The van der Waals surface area contributed by atoms with Gasteiger partial charge in [0.15, 0.2) is 11.4 Å². The molecule has 0 aliphatic carbocycles. The fourth-order valence-electron chi connectivity index (χ4n) is 2.27. The molecular formula is C18H17N3O2. The fraction of sp³-hybridized carbons (Fsp3) is 0.111. The standard InChI is InChI=1S/C18H17N3O2/c1-13-8-6-7-11-15(13)19-18(22)17-16(23-2)12-21(20-17)14-9-4-3-5-10-14/h3-12H,1-2H3,(H,19,22). The number of amides is 1. The second-order valence-electron chi connectivity index (χ2n) is 5.10. The van der Waals surface area contributed by atoms with Gasteiger partial charge in [-0.2, -0.15) is 5.10 Å². The van der Waals surface area contributed by atoms with Crippen molar-refractivity contribution in [3.8, 4) is 11.4 Å². The minimum absolute atomic E-state index is 0.250. The molecule has 1 amide bonds. The first-order chi connectivity index (χ1) is 11.2. The summed E-state index contributed by atoms with van der Waals surface area (Å²) in [5.41, 5.74) is 2.86. The Morgan fingerprint density at radius 3 is 2.48 bits per heavy atom. The monoisotopic (exact) mass is 307 g/mol. The lowest BCUT2D eigenvalue weighted by Gasteiger charge is -2.07. The van der Waals surface area contributed by atoms with E-state index in [-0.39, 0.29) is 11.6 Å². The normalized spacial score (nSPS) is 10.3. The number of hydrogen-bond donors (Lipinski definition) is 1. The van der Waals surface area contributed by atoms with E-state index in [1.54, 1.807) is 10.9 Å². The molecule has 0 bridgehead atoms. The van der Waals surface area contributed by atoms with Crippen molar-refractivity contribution in [1.29, 1.82) is 0 Å². The van der Waals surface area contributed by atoms with E-state index in [1.165, 1.54) is 7.11 Å². The Bertz CT molecular complexity index is 825. The summed E-state index contributed by atoms with van der Waals surface area (Å²) in [5, 5.41) is 7.23. The molecule has 116 valence electrons. The maximum Gasteiger partial charge on any atom is 0.280 e. The van der Waals surface area contributed by atoms with Crippen molar-refractivity contribution in [2.45, 2.75) is 6.92 Å². The molecule has 0 spiro atoms. The summed E-state index contributed by atoms with van der Waals surface area (Å²) in [7, 11) is 1.52. The average molecular weight is 307 g/mol. The predicted octanol–water partition coefficient (Wildman–Crippen LogP) is 3.44. The van der Waals surface area contributed by atoms with Gasteiger partial charge in [-0.25, -0.2) is 4.68 Å². The zero-order valence-corrected chi connectivity index (χ0v) is 13.0. The molecule has 0 radical (unpaired) electrons. The van der Waals surface area contributed by atoms with Gasteiger partial charge < -0.3 is 10.1 Å². The number of carbonyl (C=O) groups is 1. The van der Waals surface area contributed by atoms with E-state index in [0.29, 0.717) is 5.75 Å². The van der Waals surface area contributed by atoms with Gasteiger partial charge in [0, 0.05) is 5.69 Å². The number of ether oxygens (including phenoxy) is 1. The van der Waals surface area contributed by atoms with Gasteiger partial charge in [-0.1, -0.05) is 36.4 Å². The summed E-state index contributed by atoms with van der Waals surface area (Å²) in [6.07, 6.45) is 1.70. The third-order valence-electron chi connectivity index (χ3n) is 3.53. The molecule has 2 aromatic carbocycles. The first-order valence-corrected chi connectivity index (χ1v) is 7.25. The highest BCUT2D eigenvalue weighted by atomic mass is 16.5. The lowest BCUT2D eigenvalue weighted by atomic mass is 10.2. The van der Waals surface area contributed by atoms with Crippen molar-refractivity contribution in [2.24, 2.45) is 0 Å². The Morgan fingerprint density at radius 1 is 1.09 bits per heavy atom. The number of carbonyl (C=O) groups excluding carboxylic acids is 1. The lowest BCUT2D eigenvalue weighted by molar-refractivity contribution is 0.101. The highest BCUT2D eigenvalue weighted by molar-refractivity contribution is 6.05. The van der Waals surface area contributed by atoms with Crippen LogP contribution < -0.4 is 10.1 Å². The molecule has 0 aliphatic rings. The predicted molar refractivity (Wildman–Crippen MR) is 89.2 cm³/mol. The van der Waals surface area contributed by atoms with Gasteiger partial charge in [-0.05, 0) is 30.7 Å². The number of methoxy groups -OCH3 is 1. The van der Waals surface area contributed by atoms with Crippen LogP contribution in [-0.4, -0.2) is 22.8 Å². The number of nitrogens with zero attached hydrogens (tertiary/aromatic N) is 2. The maximum absolute atomic E-state index is 12.5. The highest BCUT2D eigenvalue weighted by Gasteiger charge is 2.19. The second-order valence-corrected chi connectivity index (χ2v) is 5.10. The number of aryl methyl sites for hydroxylation is 1. The van der Waals surface area contributed by atoms with Crippen LogP contribution >= 0.6 is 0 Å². The Hall–Kier alpha value is -3.08. The van der Waals surface area contributed by atoms with Crippen molar-refractivity contribution in [2.75, 3.05) is 12.4 Å². The molecule has 0 aliphatic heterocycles. The first-order valence-electron chi connectivity index (χ1n) is 7.25. The summed E-state index contributed by atoms with van der Waals surface area (Å²) in [6, 6.07) is 17.2. The van der Waals surface area contributed by atoms with E-state index in [9.17, 15) is 4.79 Å². The van der Waals surface area contributed by atoms with Crippen molar-refractivity contribution in [1.82, 2.24) is 9.78 Å². The zero-order chi connectivity index (χ0) is 16.2. The molecule has 5 heteroatoms. The third kappa shape index (κ3) is 3.08. The van der Waals surface area contributed by atoms with Gasteiger partial charge in [0.05, 0.1) is 19.0 Å². The van der Waals surface area contributed by atoms with Crippen molar-refractivity contribution in [3.05, 3.63) is 72.1 Å². The Kier molecular flexibility index (Phi) is 4.10. The van der Waals surface area contributed by atoms with Gasteiger partial charge in [0.1, 0.15) is 0 Å². The van der Waals surface area contributed by atoms with E-state index in [2.05, 4.69) is 10.4 Å². The fourth-order valence-corrected chi connectivity index (χ4v) is 2.27. The van der Waals surface area contributed by atoms with E-state index >= 15 is 0 Å². The molecule has 3 rings (SSSR count). The molecule has 23 heavy (non-hydrogen) atoms. The van der Waals surface area contributed by atoms with Crippen molar-refractivity contribution >= 4 is 11.6 Å².